The molecule has 0 unspecified atom stereocenters. The van der Waals surface area contributed by atoms with Gasteiger partial charge in [-0.1, -0.05) is 0 Å². The number of aromatic nitrogens is 2. The first-order valence-corrected chi connectivity index (χ1v) is 3.33. The molecule has 5 nitrogen and oxygen atoms in total. The Morgan fingerprint density at radius 3 is 2.50 bits per heavy atom. The van der Waals surface area contributed by atoms with Crippen molar-refractivity contribution in [2.75, 3.05) is 0 Å². The Balaban J connectivity index is 3.41. The van der Waals surface area contributed by atoms with E-state index in [-0.39, 0.29) is 5.82 Å². The summed E-state index contributed by atoms with van der Waals surface area (Å²) in [6.45, 7) is 3.18. The third-order valence-electron chi connectivity index (χ3n) is 1.60. The van der Waals surface area contributed by atoms with Crippen LogP contribution in [0.4, 0.5) is 0 Å². The fourth-order valence-corrected chi connectivity index (χ4v) is 0.746. The molecule has 1 heterocycles. The third kappa shape index (κ3) is 1.34. The van der Waals surface area contributed by atoms with Crippen molar-refractivity contribution in [2.45, 2.75) is 13.8 Å². The molecule has 64 valence electrons. The maximum absolute atomic E-state index is 11.0. The van der Waals surface area contributed by atoms with Crippen LogP contribution in [0, 0.1) is 13.8 Å². The average Bonchev–Trinajstić information content (AvgIpc) is 1.99. The molecule has 0 aliphatic rings. The zero-order valence-electron chi connectivity index (χ0n) is 6.71. The van der Waals surface area contributed by atoms with Crippen molar-refractivity contribution in [3.05, 3.63) is 27.4 Å². The van der Waals surface area contributed by atoms with Gasteiger partial charge in [-0.15, -0.1) is 0 Å². The summed E-state index contributed by atoms with van der Waals surface area (Å²) in [5.41, 5.74) is 0.482. The molecular formula is C7H8N2O3. The predicted octanol–water partition coefficient (Wildman–Crippen LogP) is 0.0849. The summed E-state index contributed by atoms with van der Waals surface area (Å²) >= 11 is 0. The minimum Gasteiger partial charge on any atom is -0.475 e. The van der Waals surface area contributed by atoms with E-state index < -0.39 is 11.5 Å². The number of carboxylic acids is 1. The van der Waals surface area contributed by atoms with Crippen molar-refractivity contribution in [1.82, 2.24) is 9.97 Å². The highest BCUT2D eigenvalue weighted by Crippen LogP contribution is 1.95. The summed E-state index contributed by atoms with van der Waals surface area (Å²) in [6, 6.07) is 0. The number of nitrogens with one attached hydrogen (secondary N) is 1. The lowest BCUT2D eigenvalue weighted by Crippen LogP contribution is -2.19. The molecule has 0 aliphatic heterocycles. The molecule has 1 aromatic heterocycles. The highest BCUT2D eigenvalue weighted by Gasteiger charge is 2.08. The second kappa shape index (κ2) is 2.77. The molecule has 0 aromatic carbocycles. The van der Waals surface area contributed by atoms with Crippen molar-refractivity contribution in [3.63, 3.8) is 0 Å². The van der Waals surface area contributed by atoms with Crippen LogP contribution in [0.1, 0.15) is 21.9 Å². The Labute approximate surface area is 68.1 Å². The number of hydrogen-bond acceptors (Lipinski definition) is 3. The lowest BCUT2D eigenvalue weighted by molar-refractivity contribution is 0.0682. The second-order valence-corrected chi connectivity index (χ2v) is 2.43. The van der Waals surface area contributed by atoms with E-state index in [9.17, 15) is 9.59 Å². The van der Waals surface area contributed by atoms with Gasteiger partial charge < -0.3 is 10.1 Å². The summed E-state index contributed by atoms with van der Waals surface area (Å²) in [5, 5.41) is 8.49. The number of aromatic carboxylic acids is 1. The lowest BCUT2D eigenvalue weighted by atomic mass is 10.3. The number of carbonyl (C=O) groups is 1. The second-order valence-electron chi connectivity index (χ2n) is 2.43. The highest BCUT2D eigenvalue weighted by molar-refractivity contribution is 5.82. The van der Waals surface area contributed by atoms with Gasteiger partial charge in [0.05, 0.1) is 0 Å². The van der Waals surface area contributed by atoms with Gasteiger partial charge in [-0.05, 0) is 13.8 Å². The summed E-state index contributed by atoms with van der Waals surface area (Å²) in [7, 11) is 0. The number of carboxylic acid groups (broad SMARTS) is 1. The molecule has 0 fully saturated rings. The number of hydrogen-bond donors (Lipinski definition) is 2. The molecule has 0 bridgehead atoms. The number of aromatic amines is 1. The van der Waals surface area contributed by atoms with Crippen LogP contribution >= 0.6 is 0 Å². The molecule has 0 saturated carbocycles. The summed E-state index contributed by atoms with van der Waals surface area (Å²) in [6.07, 6.45) is 0. The SMILES string of the molecule is Cc1nc(C(=O)O)[nH]c(=O)c1C. The Morgan fingerprint density at radius 1 is 1.50 bits per heavy atom. The molecule has 0 radical (unpaired) electrons. The fourth-order valence-electron chi connectivity index (χ4n) is 0.746. The monoisotopic (exact) mass is 168 g/mol. The van der Waals surface area contributed by atoms with Gasteiger partial charge in [0.2, 0.25) is 5.82 Å². The summed E-state index contributed by atoms with van der Waals surface area (Å²) in [5.74, 6) is -1.54. The smallest absolute Gasteiger partial charge is 0.372 e. The van der Waals surface area contributed by atoms with Crippen molar-refractivity contribution in [3.8, 4) is 0 Å². The zero-order valence-corrected chi connectivity index (χ0v) is 6.71. The minimum absolute atomic E-state index is 0.317. The quantitative estimate of drug-likeness (QED) is 0.622. The standard InChI is InChI=1S/C7H8N2O3/c1-3-4(2)8-5(7(11)12)9-6(3)10/h1-2H3,(H,11,12)(H,8,9,10). The number of aryl methyl sites for hydroxylation is 1. The van der Waals surface area contributed by atoms with Gasteiger partial charge in [0.25, 0.3) is 5.56 Å². The van der Waals surface area contributed by atoms with E-state index in [1.807, 2.05) is 0 Å². The number of H-pyrrole nitrogens is 1. The Bertz CT molecular complexity index is 381. The first-order valence-electron chi connectivity index (χ1n) is 3.33. The Morgan fingerprint density at radius 2 is 2.08 bits per heavy atom. The van der Waals surface area contributed by atoms with Crippen LogP contribution in [0.2, 0.25) is 0 Å². The summed E-state index contributed by atoms with van der Waals surface area (Å²) in [4.78, 5) is 27.2. The maximum Gasteiger partial charge on any atom is 0.372 e. The van der Waals surface area contributed by atoms with E-state index in [0.29, 0.717) is 11.3 Å². The van der Waals surface area contributed by atoms with Gasteiger partial charge >= 0.3 is 5.97 Å². The number of rotatable bonds is 1. The van der Waals surface area contributed by atoms with Crippen LogP contribution in [-0.4, -0.2) is 21.0 Å². The van der Waals surface area contributed by atoms with Crippen LogP contribution in [-0.2, 0) is 0 Å². The summed E-state index contributed by atoms with van der Waals surface area (Å²) < 4.78 is 0. The van der Waals surface area contributed by atoms with E-state index in [4.69, 9.17) is 5.11 Å². The van der Waals surface area contributed by atoms with E-state index in [0.717, 1.165) is 0 Å². The Kier molecular flexibility index (Phi) is 1.95. The third-order valence-corrected chi connectivity index (χ3v) is 1.60. The van der Waals surface area contributed by atoms with E-state index in [1.54, 1.807) is 13.8 Å². The highest BCUT2D eigenvalue weighted by atomic mass is 16.4. The van der Waals surface area contributed by atoms with Crippen LogP contribution in [0.5, 0.6) is 0 Å². The van der Waals surface area contributed by atoms with Crippen LogP contribution in [0.25, 0.3) is 0 Å². The molecular weight excluding hydrogens is 160 g/mol. The van der Waals surface area contributed by atoms with Gasteiger partial charge in [-0.3, -0.25) is 4.79 Å². The molecule has 0 amide bonds. The molecule has 0 saturated heterocycles. The largest absolute Gasteiger partial charge is 0.475 e. The molecule has 1 aromatic rings. The average molecular weight is 168 g/mol. The van der Waals surface area contributed by atoms with Gasteiger partial charge in [-0.2, -0.15) is 0 Å². The predicted molar refractivity (Wildman–Crippen MR) is 41.3 cm³/mol. The first kappa shape index (κ1) is 8.45. The maximum atomic E-state index is 11.0. The van der Waals surface area contributed by atoms with E-state index >= 15 is 0 Å². The first-order chi connectivity index (χ1) is 5.52. The fraction of sp³-hybridized carbons (Fsp3) is 0.286. The van der Waals surface area contributed by atoms with Gasteiger partial charge in [0, 0.05) is 11.3 Å². The van der Waals surface area contributed by atoms with E-state index in [1.165, 1.54) is 0 Å². The molecule has 0 aliphatic carbocycles. The molecule has 12 heavy (non-hydrogen) atoms. The molecule has 2 N–H and O–H groups in total. The van der Waals surface area contributed by atoms with Crippen LogP contribution in [0.15, 0.2) is 4.79 Å². The molecule has 0 spiro atoms. The molecule has 5 heteroatoms. The Hall–Kier alpha value is -1.65. The van der Waals surface area contributed by atoms with Crippen LogP contribution < -0.4 is 5.56 Å². The molecule has 1 rings (SSSR count). The van der Waals surface area contributed by atoms with Gasteiger partial charge in [-0.25, -0.2) is 9.78 Å². The van der Waals surface area contributed by atoms with Crippen molar-refractivity contribution in [1.29, 1.82) is 0 Å². The molecule has 0 atom stereocenters. The van der Waals surface area contributed by atoms with Crippen LogP contribution in [0.3, 0.4) is 0 Å². The zero-order chi connectivity index (χ0) is 9.30. The van der Waals surface area contributed by atoms with Crippen molar-refractivity contribution >= 4 is 5.97 Å². The van der Waals surface area contributed by atoms with Crippen molar-refractivity contribution in [2.24, 2.45) is 0 Å². The van der Waals surface area contributed by atoms with Crippen molar-refractivity contribution < 1.29 is 9.90 Å². The van der Waals surface area contributed by atoms with Gasteiger partial charge in [0.1, 0.15) is 0 Å². The number of nitrogens with zero attached hydrogens (tertiary/aromatic N) is 1. The van der Waals surface area contributed by atoms with Gasteiger partial charge in [0.15, 0.2) is 0 Å². The lowest BCUT2D eigenvalue weighted by Gasteiger charge is -1.98. The minimum atomic E-state index is -1.23. The van der Waals surface area contributed by atoms with E-state index in [2.05, 4.69) is 9.97 Å². The normalized spacial score (nSPS) is 9.83. The topological polar surface area (TPSA) is 83.0 Å².